The molecule has 1 aliphatic heterocycles. The van der Waals surface area contributed by atoms with Crippen LogP contribution in [0, 0.1) is 6.92 Å². The van der Waals surface area contributed by atoms with Crippen molar-refractivity contribution < 1.29 is 9.32 Å². The molecule has 4 aromatic rings. The van der Waals surface area contributed by atoms with Crippen molar-refractivity contribution in [3.63, 3.8) is 0 Å². The second kappa shape index (κ2) is 8.68. The van der Waals surface area contributed by atoms with Crippen LogP contribution in [0.25, 0.3) is 22.3 Å². The molecule has 2 aromatic heterocycles. The van der Waals surface area contributed by atoms with Gasteiger partial charge in [0.25, 0.3) is 5.91 Å². The molecule has 162 valence electrons. The van der Waals surface area contributed by atoms with Crippen molar-refractivity contribution in [1.82, 2.24) is 24.9 Å². The Morgan fingerprint density at radius 1 is 1.09 bits per heavy atom. The zero-order chi connectivity index (χ0) is 22.1. The summed E-state index contributed by atoms with van der Waals surface area (Å²) in [6.45, 7) is 5.25. The minimum absolute atomic E-state index is 0.0459. The Morgan fingerprint density at radius 3 is 2.72 bits per heavy atom. The van der Waals surface area contributed by atoms with E-state index < -0.39 is 0 Å². The molecule has 0 spiro atoms. The summed E-state index contributed by atoms with van der Waals surface area (Å²) in [5.74, 6) is 1.13. The maximum Gasteiger partial charge on any atom is 0.256 e. The average molecular weight is 448 g/mol. The van der Waals surface area contributed by atoms with Gasteiger partial charge in [0.2, 0.25) is 11.7 Å². The Labute approximate surface area is 190 Å². The van der Waals surface area contributed by atoms with Crippen molar-refractivity contribution in [3.8, 4) is 11.4 Å². The summed E-state index contributed by atoms with van der Waals surface area (Å²) in [5, 5.41) is 5.54. The first-order valence-corrected chi connectivity index (χ1v) is 10.9. The number of hydrogen-bond acceptors (Lipinski definition) is 6. The summed E-state index contributed by atoms with van der Waals surface area (Å²) in [7, 11) is 0. The molecule has 32 heavy (non-hydrogen) atoms. The van der Waals surface area contributed by atoms with E-state index in [0.29, 0.717) is 47.5 Å². The molecule has 0 aliphatic carbocycles. The Bertz CT molecular complexity index is 1280. The molecule has 0 radical (unpaired) electrons. The van der Waals surface area contributed by atoms with Gasteiger partial charge in [-0.15, -0.1) is 0 Å². The van der Waals surface area contributed by atoms with E-state index in [1.165, 1.54) is 0 Å². The number of fused-ring (bicyclic) bond motifs is 1. The minimum Gasteiger partial charge on any atom is -0.338 e. The molecule has 7 nitrogen and oxygen atoms in total. The van der Waals surface area contributed by atoms with Gasteiger partial charge < -0.3 is 9.42 Å². The van der Waals surface area contributed by atoms with Crippen molar-refractivity contribution in [1.29, 1.82) is 0 Å². The highest BCUT2D eigenvalue weighted by Gasteiger charge is 2.25. The lowest BCUT2D eigenvalue weighted by molar-refractivity contribution is 0.0617. The van der Waals surface area contributed by atoms with Crippen molar-refractivity contribution >= 4 is 28.4 Å². The molecule has 8 heteroatoms. The summed E-state index contributed by atoms with van der Waals surface area (Å²) >= 11 is 6.25. The summed E-state index contributed by atoms with van der Waals surface area (Å²) in [6.07, 6.45) is 1.69. The Hall–Kier alpha value is -3.29. The van der Waals surface area contributed by atoms with Crippen LogP contribution in [0.5, 0.6) is 0 Å². The predicted octanol–water partition coefficient (Wildman–Crippen LogP) is 4.20. The largest absolute Gasteiger partial charge is 0.338 e. The molecule has 0 N–H and O–H groups in total. The number of aromatic nitrogens is 3. The molecule has 1 aliphatic rings. The first-order valence-electron chi connectivity index (χ1n) is 10.5. The number of rotatable bonds is 4. The number of pyridine rings is 1. The van der Waals surface area contributed by atoms with Gasteiger partial charge in [-0.2, -0.15) is 4.98 Å². The third-order valence-electron chi connectivity index (χ3n) is 5.77. The summed E-state index contributed by atoms with van der Waals surface area (Å²) < 4.78 is 5.48. The predicted molar refractivity (Wildman–Crippen MR) is 122 cm³/mol. The van der Waals surface area contributed by atoms with Crippen LogP contribution in [0.2, 0.25) is 5.02 Å². The van der Waals surface area contributed by atoms with E-state index in [9.17, 15) is 4.79 Å². The molecule has 1 saturated heterocycles. The van der Waals surface area contributed by atoms with Gasteiger partial charge in [-0.1, -0.05) is 47.1 Å². The van der Waals surface area contributed by atoms with Gasteiger partial charge in [0.05, 0.1) is 17.6 Å². The fourth-order valence-corrected chi connectivity index (χ4v) is 4.27. The van der Waals surface area contributed by atoms with Crippen molar-refractivity contribution in [2.24, 2.45) is 0 Å². The Kier molecular flexibility index (Phi) is 5.59. The molecule has 1 fully saturated rings. The molecule has 5 rings (SSSR count). The highest BCUT2D eigenvalue weighted by molar-refractivity contribution is 6.32. The number of amides is 1. The molecule has 2 aromatic carbocycles. The zero-order valence-corrected chi connectivity index (χ0v) is 18.4. The van der Waals surface area contributed by atoms with Gasteiger partial charge in [-0.25, -0.2) is 0 Å². The molecular weight excluding hydrogens is 426 g/mol. The maximum atomic E-state index is 13.2. The molecule has 3 heterocycles. The van der Waals surface area contributed by atoms with E-state index in [0.717, 1.165) is 29.6 Å². The minimum atomic E-state index is -0.0459. The van der Waals surface area contributed by atoms with Gasteiger partial charge in [0.15, 0.2) is 0 Å². The van der Waals surface area contributed by atoms with Crippen LogP contribution in [0.1, 0.15) is 21.8 Å². The number of halogens is 1. The van der Waals surface area contributed by atoms with Gasteiger partial charge >= 0.3 is 0 Å². The topological polar surface area (TPSA) is 75.4 Å². The van der Waals surface area contributed by atoms with Crippen LogP contribution in [0.15, 0.2) is 59.3 Å². The van der Waals surface area contributed by atoms with Crippen LogP contribution in [0.4, 0.5) is 0 Å². The lowest BCUT2D eigenvalue weighted by Gasteiger charge is -2.34. The molecule has 0 unspecified atom stereocenters. The number of aryl methyl sites for hydroxylation is 1. The molecule has 1 amide bonds. The smallest absolute Gasteiger partial charge is 0.256 e. The van der Waals surface area contributed by atoms with Crippen LogP contribution < -0.4 is 0 Å². The van der Waals surface area contributed by atoms with Gasteiger partial charge in [-0.05, 0) is 30.7 Å². The summed E-state index contributed by atoms with van der Waals surface area (Å²) in [4.78, 5) is 26.2. The lowest BCUT2D eigenvalue weighted by Crippen LogP contribution is -2.48. The zero-order valence-electron chi connectivity index (χ0n) is 17.7. The van der Waals surface area contributed by atoms with E-state index in [-0.39, 0.29) is 5.91 Å². The number of nitrogens with zero attached hydrogens (tertiary/aromatic N) is 5. The van der Waals surface area contributed by atoms with E-state index >= 15 is 0 Å². The normalized spacial score (nSPS) is 14.8. The molecule has 0 saturated carbocycles. The Morgan fingerprint density at radius 2 is 1.91 bits per heavy atom. The number of benzene rings is 2. The lowest BCUT2D eigenvalue weighted by atomic mass is 10.1. The van der Waals surface area contributed by atoms with E-state index in [4.69, 9.17) is 16.1 Å². The first kappa shape index (κ1) is 20.6. The number of carbonyl (C=O) groups excluding carboxylic acids is 1. The highest BCUT2D eigenvalue weighted by Crippen LogP contribution is 2.24. The molecular formula is C24H22ClN5O2. The monoisotopic (exact) mass is 447 g/mol. The third-order valence-corrected chi connectivity index (χ3v) is 5.99. The van der Waals surface area contributed by atoms with Crippen LogP contribution in [0.3, 0.4) is 0 Å². The molecule has 0 bridgehead atoms. The maximum absolute atomic E-state index is 13.2. The van der Waals surface area contributed by atoms with E-state index in [1.54, 1.807) is 12.3 Å². The number of piperazine rings is 1. The first-order chi connectivity index (χ1) is 15.6. The summed E-state index contributed by atoms with van der Waals surface area (Å²) in [6, 6.07) is 15.3. The van der Waals surface area contributed by atoms with Gasteiger partial charge in [0, 0.05) is 48.3 Å². The second-order valence-corrected chi connectivity index (χ2v) is 8.36. The number of carbonyl (C=O) groups is 1. The fraction of sp³-hybridized carbons (Fsp3) is 0.250. The highest BCUT2D eigenvalue weighted by atomic mass is 35.5. The molecule has 0 atom stereocenters. The Balaban J connectivity index is 1.25. The van der Waals surface area contributed by atoms with Crippen LogP contribution >= 0.6 is 11.6 Å². The summed E-state index contributed by atoms with van der Waals surface area (Å²) in [5.41, 5.74) is 3.30. The van der Waals surface area contributed by atoms with Gasteiger partial charge in [0.1, 0.15) is 0 Å². The van der Waals surface area contributed by atoms with Crippen LogP contribution in [-0.2, 0) is 6.54 Å². The fourth-order valence-electron chi connectivity index (χ4n) is 4.04. The third kappa shape index (κ3) is 4.09. The van der Waals surface area contributed by atoms with Crippen LogP contribution in [-0.4, -0.2) is 57.0 Å². The van der Waals surface area contributed by atoms with Crippen molar-refractivity contribution in [2.45, 2.75) is 13.5 Å². The van der Waals surface area contributed by atoms with Crippen molar-refractivity contribution in [3.05, 3.63) is 76.8 Å². The SMILES string of the molecule is Cc1ccccc1-c1noc(CN2CCN(C(=O)c3cc(Cl)cc4cccnc34)CC2)n1. The van der Waals surface area contributed by atoms with E-state index in [2.05, 4.69) is 20.0 Å². The second-order valence-electron chi connectivity index (χ2n) is 7.92. The van der Waals surface area contributed by atoms with Crippen molar-refractivity contribution in [2.75, 3.05) is 26.2 Å². The standard InChI is InChI=1S/C24H22ClN5O2/c1-16-5-2-3-7-19(16)23-27-21(32-28-23)15-29-9-11-30(12-10-29)24(31)20-14-18(25)13-17-6-4-8-26-22(17)20/h2-8,13-14H,9-12,15H2,1H3. The number of hydrogen-bond donors (Lipinski definition) is 0. The van der Waals surface area contributed by atoms with E-state index in [1.807, 2.05) is 54.3 Å². The average Bonchev–Trinajstić information content (AvgIpc) is 3.27. The quantitative estimate of drug-likeness (QED) is 0.466. The van der Waals surface area contributed by atoms with Gasteiger partial charge in [-0.3, -0.25) is 14.7 Å².